The number of carbonyl (C=O) groups excluding carboxylic acids is 2. The van der Waals surface area contributed by atoms with E-state index in [-0.39, 0.29) is 30.3 Å². The predicted molar refractivity (Wildman–Crippen MR) is 91.0 cm³/mol. The Balaban J connectivity index is 0.00000176. The van der Waals surface area contributed by atoms with E-state index in [1.807, 2.05) is 12.1 Å². The smallest absolute Gasteiger partial charge is 0.251 e. The Morgan fingerprint density at radius 3 is 2.82 bits per heavy atom. The fourth-order valence-corrected chi connectivity index (χ4v) is 3.53. The van der Waals surface area contributed by atoms with Gasteiger partial charge >= 0.3 is 0 Å². The first kappa shape index (κ1) is 17.1. The van der Waals surface area contributed by atoms with Crippen molar-refractivity contribution in [1.29, 1.82) is 0 Å². The van der Waals surface area contributed by atoms with Crippen LogP contribution in [-0.2, 0) is 4.79 Å². The number of amides is 2. The molecule has 2 aliphatic heterocycles. The van der Waals surface area contributed by atoms with Crippen molar-refractivity contribution in [2.45, 2.75) is 30.2 Å². The number of rotatable bonds is 2. The largest absolute Gasteiger partial charge is 0.349 e. The number of carbonyl (C=O) groups is 2. The van der Waals surface area contributed by atoms with Gasteiger partial charge in [-0.15, -0.1) is 24.2 Å². The highest BCUT2D eigenvalue weighted by Gasteiger charge is 2.19. The molecule has 22 heavy (non-hydrogen) atoms. The van der Waals surface area contributed by atoms with E-state index in [2.05, 4.69) is 16.0 Å². The molecule has 3 rings (SSSR count). The molecular weight excluding hydrogens is 322 g/mol. The van der Waals surface area contributed by atoms with Crippen molar-refractivity contribution >= 4 is 41.7 Å². The van der Waals surface area contributed by atoms with Crippen molar-refractivity contribution < 1.29 is 9.59 Å². The van der Waals surface area contributed by atoms with E-state index in [9.17, 15) is 9.59 Å². The normalized spacial score (nSPS) is 18.5. The van der Waals surface area contributed by atoms with Gasteiger partial charge in [-0.05, 0) is 44.1 Å². The summed E-state index contributed by atoms with van der Waals surface area (Å²) < 4.78 is 0. The van der Waals surface area contributed by atoms with Gasteiger partial charge in [0.05, 0.1) is 5.69 Å². The van der Waals surface area contributed by atoms with Gasteiger partial charge in [-0.2, -0.15) is 0 Å². The zero-order valence-corrected chi connectivity index (χ0v) is 13.8. The van der Waals surface area contributed by atoms with Gasteiger partial charge in [0.15, 0.2) is 0 Å². The third-order valence-corrected chi connectivity index (χ3v) is 4.85. The van der Waals surface area contributed by atoms with Crippen molar-refractivity contribution in [2.24, 2.45) is 0 Å². The van der Waals surface area contributed by atoms with Crippen LogP contribution in [0, 0.1) is 0 Å². The highest BCUT2D eigenvalue weighted by molar-refractivity contribution is 7.99. The molecule has 1 aromatic rings. The molecule has 3 N–H and O–H groups in total. The molecule has 0 radical (unpaired) electrons. The summed E-state index contributed by atoms with van der Waals surface area (Å²) >= 11 is 1.65. The Morgan fingerprint density at radius 2 is 2.05 bits per heavy atom. The van der Waals surface area contributed by atoms with Crippen molar-refractivity contribution in [3.8, 4) is 0 Å². The minimum atomic E-state index is -0.0619. The fraction of sp³-hybridized carbons (Fsp3) is 0.467. The van der Waals surface area contributed by atoms with Crippen LogP contribution in [0.4, 0.5) is 5.69 Å². The maximum atomic E-state index is 12.3. The molecule has 1 saturated heterocycles. The highest BCUT2D eigenvalue weighted by Crippen LogP contribution is 2.31. The minimum Gasteiger partial charge on any atom is -0.349 e. The molecule has 0 spiro atoms. The lowest BCUT2D eigenvalue weighted by Gasteiger charge is -2.23. The van der Waals surface area contributed by atoms with Crippen LogP contribution in [0.25, 0.3) is 0 Å². The summed E-state index contributed by atoms with van der Waals surface area (Å²) in [6.45, 7) is 1.89. The van der Waals surface area contributed by atoms with Crippen LogP contribution in [0.5, 0.6) is 0 Å². The molecule has 1 aromatic carbocycles. The number of halogens is 1. The van der Waals surface area contributed by atoms with Gasteiger partial charge in [-0.1, -0.05) is 0 Å². The van der Waals surface area contributed by atoms with Gasteiger partial charge in [-0.3, -0.25) is 9.59 Å². The second-order valence-electron chi connectivity index (χ2n) is 5.36. The maximum Gasteiger partial charge on any atom is 0.251 e. The average molecular weight is 342 g/mol. The third kappa shape index (κ3) is 4.15. The molecule has 0 unspecified atom stereocenters. The summed E-state index contributed by atoms with van der Waals surface area (Å²) in [5, 5.41) is 9.22. The van der Waals surface area contributed by atoms with Gasteiger partial charge < -0.3 is 16.0 Å². The number of anilines is 1. The predicted octanol–water partition coefficient (Wildman–Crippen LogP) is 2.02. The molecule has 2 heterocycles. The lowest BCUT2D eigenvalue weighted by atomic mass is 10.1. The molecule has 0 saturated carbocycles. The summed E-state index contributed by atoms with van der Waals surface area (Å²) in [5.41, 5.74) is 1.36. The van der Waals surface area contributed by atoms with Crippen LogP contribution in [-0.4, -0.2) is 36.7 Å². The first-order chi connectivity index (χ1) is 10.2. The minimum absolute atomic E-state index is 0. The van der Waals surface area contributed by atoms with Gasteiger partial charge in [0.1, 0.15) is 0 Å². The Hall–Kier alpha value is -1.24. The number of benzene rings is 1. The first-order valence-corrected chi connectivity index (χ1v) is 8.29. The zero-order valence-electron chi connectivity index (χ0n) is 12.2. The van der Waals surface area contributed by atoms with Crippen LogP contribution in [0.1, 0.15) is 29.6 Å². The lowest BCUT2D eigenvalue weighted by molar-refractivity contribution is -0.115. The number of nitrogens with one attached hydrogen (secondary N) is 3. The number of hydrogen-bond donors (Lipinski definition) is 3. The van der Waals surface area contributed by atoms with Gasteiger partial charge in [0, 0.05) is 28.7 Å². The van der Waals surface area contributed by atoms with E-state index in [0.717, 1.165) is 42.3 Å². The van der Waals surface area contributed by atoms with Crippen molar-refractivity contribution in [3.05, 3.63) is 23.8 Å². The standard InChI is InChI=1S/C15H19N3O2S.ClH/c19-14-5-8-21-13-2-1-10(9-12(13)18-14)15(20)17-11-3-6-16-7-4-11;/h1-2,9,11,16H,3-8H2,(H,17,20)(H,18,19);1H. The molecular formula is C15H20ClN3O2S. The van der Waals surface area contributed by atoms with Gasteiger partial charge in [0.25, 0.3) is 5.91 Å². The summed E-state index contributed by atoms with van der Waals surface area (Å²) in [6.07, 6.45) is 2.43. The molecule has 2 aliphatic rings. The van der Waals surface area contributed by atoms with Crippen LogP contribution >= 0.6 is 24.2 Å². The van der Waals surface area contributed by atoms with E-state index >= 15 is 0 Å². The average Bonchev–Trinajstić information content (AvgIpc) is 2.68. The molecule has 0 aliphatic carbocycles. The SMILES string of the molecule is Cl.O=C1CCSc2ccc(C(=O)NC3CCNCC3)cc2N1. The quantitative estimate of drug-likeness (QED) is 0.769. The topological polar surface area (TPSA) is 70.2 Å². The van der Waals surface area contributed by atoms with Crippen molar-refractivity contribution in [2.75, 3.05) is 24.2 Å². The number of fused-ring (bicyclic) bond motifs is 1. The maximum absolute atomic E-state index is 12.3. The van der Waals surface area contributed by atoms with E-state index < -0.39 is 0 Å². The van der Waals surface area contributed by atoms with Crippen LogP contribution < -0.4 is 16.0 Å². The summed E-state index contributed by atoms with van der Waals surface area (Å²) in [7, 11) is 0. The van der Waals surface area contributed by atoms with E-state index in [4.69, 9.17) is 0 Å². The molecule has 5 nitrogen and oxygen atoms in total. The van der Waals surface area contributed by atoms with Gasteiger partial charge in [-0.25, -0.2) is 0 Å². The third-order valence-electron chi connectivity index (χ3n) is 3.78. The number of piperidine rings is 1. The van der Waals surface area contributed by atoms with Crippen LogP contribution in [0.15, 0.2) is 23.1 Å². The van der Waals surface area contributed by atoms with Crippen LogP contribution in [0.2, 0.25) is 0 Å². The second kappa shape index (κ2) is 7.85. The van der Waals surface area contributed by atoms with Crippen molar-refractivity contribution in [3.63, 3.8) is 0 Å². The Kier molecular flexibility index (Phi) is 6.11. The molecule has 0 bridgehead atoms. The Morgan fingerprint density at radius 1 is 1.27 bits per heavy atom. The van der Waals surface area contributed by atoms with Crippen LogP contribution in [0.3, 0.4) is 0 Å². The second-order valence-corrected chi connectivity index (χ2v) is 6.49. The van der Waals surface area contributed by atoms with Gasteiger partial charge in [0.2, 0.25) is 5.91 Å². The molecule has 0 atom stereocenters. The Bertz CT molecular complexity index is 562. The monoisotopic (exact) mass is 341 g/mol. The summed E-state index contributed by atoms with van der Waals surface area (Å²) in [6, 6.07) is 5.77. The first-order valence-electron chi connectivity index (χ1n) is 7.30. The molecule has 7 heteroatoms. The van der Waals surface area contributed by atoms with E-state index in [0.29, 0.717) is 12.0 Å². The lowest BCUT2D eigenvalue weighted by Crippen LogP contribution is -2.42. The Labute approximate surface area is 140 Å². The molecule has 0 aromatic heterocycles. The molecule has 1 fully saturated rings. The van der Waals surface area contributed by atoms with E-state index in [1.165, 1.54) is 0 Å². The fourth-order valence-electron chi connectivity index (χ4n) is 2.60. The molecule has 120 valence electrons. The van der Waals surface area contributed by atoms with E-state index in [1.54, 1.807) is 17.8 Å². The highest BCUT2D eigenvalue weighted by atomic mass is 35.5. The summed E-state index contributed by atoms with van der Waals surface area (Å²) in [5.74, 6) is 0.727. The number of hydrogen-bond acceptors (Lipinski definition) is 4. The summed E-state index contributed by atoms with van der Waals surface area (Å²) in [4.78, 5) is 25.0. The number of thioether (sulfide) groups is 1. The van der Waals surface area contributed by atoms with Crippen molar-refractivity contribution in [1.82, 2.24) is 10.6 Å². The zero-order chi connectivity index (χ0) is 14.7. The molecule has 2 amide bonds.